The predicted molar refractivity (Wildman–Crippen MR) is 128 cm³/mol. The van der Waals surface area contributed by atoms with E-state index >= 15 is 0 Å². The second kappa shape index (κ2) is 8.83. The number of amides is 1. The van der Waals surface area contributed by atoms with E-state index < -0.39 is 5.97 Å². The minimum Gasteiger partial charge on any atom is -0.478 e. The van der Waals surface area contributed by atoms with E-state index in [4.69, 9.17) is 0 Å². The Kier molecular flexibility index (Phi) is 5.95. The van der Waals surface area contributed by atoms with Gasteiger partial charge in [0.05, 0.1) is 22.5 Å². The fourth-order valence-electron chi connectivity index (χ4n) is 3.84. The quantitative estimate of drug-likeness (QED) is 0.538. The summed E-state index contributed by atoms with van der Waals surface area (Å²) in [5.41, 5.74) is 3.81. The number of carbonyl (C=O) groups excluding carboxylic acids is 1. The van der Waals surface area contributed by atoms with Crippen LogP contribution >= 0.6 is 0 Å². The number of aromatic nitrogens is 1. The summed E-state index contributed by atoms with van der Waals surface area (Å²) in [5, 5.41) is 16.0. The first kappa shape index (κ1) is 21.6. The average Bonchev–Trinajstić information content (AvgIpc) is 3.48. The lowest BCUT2D eigenvalue weighted by Gasteiger charge is -2.12. The molecule has 2 aliphatic rings. The van der Waals surface area contributed by atoms with Gasteiger partial charge in [-0.2, -0.15) is 10.1 Å². The first-order valence-electron chi connectivity index (χ1n) is 11.0. The SMILES string of the molecule is CC.CC1=NN(c2cccc(C(=O)O)c2)C(=O)/C1=C\c1ccc2c(ccn2CC2CC2)c1. The summed E-state index contributed by atoms with van der Waals surface area (Å²) in [6.07, 6.45) is 6.61. The van der Waals surface area contributed by atoms with Crippen LogP contribution in [-0.4, -0.2) is 27.3 Å². The molecule has 32 heavy (non-hydrogen) atoms. The van der Waals surface area contributed by atoms with Crippen molar-refractivity contribution in [2.24, 2.45) is 11.0 Å². The molecule has 0 bridgehead atoms. The zero-order valence-electron chi connectivity index (χ0n) is 18.6. The number of carboxylic acid groups (broad SMARTS) is 1. The smallest absolute Gasteiger partial charge is 0.335 e. The van der Waals surface area contributed by atoms with Crippen LogP contribution in [0, 0.1) is 5.92 Å². The molecule has 0 radical (unpaired) electrons. The highest BCUT2D eigenvalue weighted by Gasteiger charge is 2.29. The number of carbonyl (C=O) groups is 2. The van der Waals surface area contributed by atoms with Crippen molar-refractivity contribution in [1.82, 2.24) is 4.57 Å². The summed E-state index contributed by atoms with van der Waals surface area (Å²) in [6.45, 7) is 6.86. The zero-order valence-corrected chi connectivity index (χ0v) is 18.6. The standard InChI is InChI=1S/C24H21N3O3.C2H6/c1-15-21(23(28)27(25-15)20-4-2-3-19(13-20)24(29)30)12-17-7-8-22-18(11-17)9-10-26(22)14-16-5-6-16;1-2/h2-4,7-13,16H,5-6,14H2,1H3,(H,29,30);1-2H3/b21-12-;. The first-order valence-corrected chi connectivity index (χ1v) is 11.0. The van der Waals surface area contributed by atoms with Crippen LogP contribution in [0.25, 0.3) is 17.0 Å². The van der Waals surface area contributed by atoms with Gasteiger partial charge in [-0.25, -0.2) is 4.79 Å². The third-order valence-electron chi connectivity index (χ3n) is 5.66. The topological polar surface area (TPSA) is 74.9 Å². The molecule has 5 rings (SSSR count). The van der Waals surface area contributed by atoms with Crippen LogP contribution in [-0.2, 0) is 11.3 Å². The second-order valence-electron chi connectivity index (χ2n) is 7.95. The van der Waals surface area contributed by atoms with Crippen LogP contribution in [0.15, 0.2) is 65.4 Å². The van der Waals surface area contributed by atoms with Crippen LogP contribution in [0.2, 0.25) is 0 Å². The predicted octanol–water partition coefficient (Wildman–Crippen LogP) is 5.58. The summed E-state index contributed by atoms with van der Waals surface area (Å²) in [4.78, 5) is 24.2. The van der Waals surface area contributed by atoms with Crippen molar-refractivity contribution in [3.63, 3.8) is 0 Å². The van der Waals surface area contributed by atoms with Gasteiger partial charge in [0.15, 0.2) is 0 Å². The van der Waals surface area contributed by atoms with E-state index in [0.717, 1.165) is 23.4 Å². The Morgan fingerprint density at radius 1 is 1.16 bits per heavy atom. The van der Waals surface area contributed by atoms with Gasteiger partial charge in [-0.3, -0.25) is 4.79 Å². The molecule has 0 atom stereocenters. The van der Waals surface area contributed by atoms with Crippen molar-refractivity contribution >= 4 is 40.3 Å². The normalized spacial score (nSPS) is 16.8. The molecule has 6 heteroatoms. The molecule has 1 saturated carbocycles. The number of anilines is 1. The largest absolute Gasteiger partial charge is 0.478 e. The molecule has 3 aromatic rings. The number of aromatic carboxylic acids is 1. The first-order chi connectivity index (χ1) is 15.5. The lowest BCUT2D eigenvalue weighted by atomic mass is 10.1. The van der Waals surface area contributed by atoms with E-state index in [2.05, 4.69) is 34.1 Å². The van der Waals surface area contributed by atoms with E-state index in [0.29, 0.717) is 17.0 Å². The maximum absolute atomic E-state index is 13.0. The average molecular weight is 430 g/mol. The molecule has 1 N–H and O–H groups in total. The molecule has 2 heterocycles. The third-order valence-corrected chi connectivity index (χ3v) is 5.66. The molecule has 1 aliphatic carbocycles. The van der Waals surface area contributed by atoms with Crippen LogP contribution in [0.3, 0.4) is 0 Å². The Balaban J connectivity index is 0.00000119. The van der Waals surface area contributed by atoms with E-state index in [1.165, 1.54) is 35.5 Å². The molecule has 164 valence electrons. The Morgan fingerprint density at radius 2 is 1.94 bits per heavy atom. The number of fused-ring (bicyclic) bond motifs is 1. The molecule has 1 aromatic heterocycles. The van der Waals surface area contributed by atoms with Gasteiger partial charge in [0.2, 0.25) is 0 Å². The van der Waals surface area contributed by atoms with Gasteiger partial charge in [0.25, 0.3) is 5.91 Å². The molecular weight excluding hydrogens is 402 g/mol. The van der Waals surface area contributed by atoms with Gasteiger partial charge < -0.3 is 9.67 Å². The van der Waals surface area contributed by atoms with Crippen LogP contribution < -0.4 is 5.01 Å². The molecule has 0 saturated heterocycles. The fraction of sp³-hybridized carbons (Fsp3) is 0.269. The van der Waals surface area contributed by atoms with Crippen molar-refractivity contribution in [3.05, 3.63) is 71.4 Å². The number of hydrogen-bond donors (Lipinski definition) is 1. The molecule has 6 nitrogen and oxygen atoms in total. The monoisotopic (exact) mass is 429 g/mol. The lowest BCUT2D eigenvalue weighted by Crippen LogP contribution is -2.21. The highest BCUT2D eigenvalue weighted by Crippen LogP contribution is 2.32. The number of nitrogens with zero attached hydrogens (tertiary/aromatic N) is 3. The highest BCUT2D eigenvalue weighted by atomic mass is 16.4. The Bertz CT molecular complexity index is 1250. The minimum absolute atomic E-state index is 0.117. The van der Waals surface area contributed by atoms with E-state index in [1.54, 1.807) is 19.1 Å². The molecular formula is C26H27N3O3. The van der Waals surface area contributed by atoms with E-state index in [9.17, 15) is 14.7 Å². The number of hydrazone groups is 1. The van der Waals surface area contributed by atoms with Crippen LogP contribution in [0.5, 0.6) is 0 Å². The molecule has 0 spiro atoms. The summed E-state index contributed by atoms with van der Waals surface area (Å²) in [6, 6.07) is 14.5. The van der Waals surface area contributed by atoms with Crippen molar-refractivity contribution in [2.75, 3.05) is 5.01 Å². The Labute approximate surface area is 187 Å². The van der Waals surface area contributed by atoms with Gasteiger partial charge in [0.1, 0.15) is 0 Å². The maximum atomic E-state index is 13.0. The highest BCUT2D eigenvalue weighted by molar-refractivity contribution is 6.32. The molecule has 1 amide bonds. The summed E-state index contributed by atoms with van der Waals surface area (Å²) < 4.78 is 2.30. The molecule has 2 aromatic carbocycles. The number of rotatable bonds is 5. The Morgan fingerprint density at radius 3 is 2.66 bits per heavy atom. The van der Waals surface area contributed by atoms with E-state index in [-0.39, 0.29) is 11.5 Å². The summed E-state index contributed by atoms with van der Waals surface area (Å²) in [5.74, 6) is -0.494. The minimum atomic E-state index is -1.04. The number of benzene rings is 2. The zero-order chi connectivity index (χ0) is 22.8. The maximum Gasteiger partial charge on any atom is 0.335 e. The van der Waals surface area contributed by atoms with Crippen molar-refractivity contribution in [1.29, 1.82) is 0 Å². The molecule has 1 fully saturated rings. The number of hydrogen-bond acceptors (Lipinski definition) is 3. The molecule has 0 unspecified atom stereocenters. The molecule has 1 aliphatic heterocycles. The summed E-state index contributed by atoms with van der Waals surface area (Å²) in [7, 11) is 0. The van der Waals surface area contributed by atoms with Gasteiger partial charge in [0, 0.05) is 23.6 Å². The lowest BCUT2D eigenvalue weighted by molar-refractivity contribution is -0.114. The van der Waals surface area contributed by atoms with Crippen molar-refractivity contribution in [2.45, 2.75) is 40.2 Å². The second-order valence-corrected chi connectivity index (χ2v) is 7.95. The van der Waals surface area contributed by atoms with Crippen molar-refractivity contribution in [3.8, 4) is 0 Å². The van der Waals surface area contributed by atoms with Crippen molar-refractivity contribution < 1.29 is 14.7 Å². The van der Waals surface area contributed by atoms with Crippen LogP contribution in [0.4, 0.5) is 5.69 Å². The van der Waals surface area contributed by atoms with E-state index in [1.807, 2.05) is 26.0 Å². The third kappa shape index (κ3) is 4.21. The van der Waals surface area contributed by atoms with Gasteiger partial charge >= 0.3 is 5.97 Å². The Hall–Kier alpha value is -3.67. The van der Waals surface area contributed by atoms with Gasteiger partial charge in [-0.15, -0.1) is 0 Å². The number of carboxylic acids is 1. The van der Waals surface area contributed by atoms with Gasteiger partial charge in [-0.05, 0) is 73.7 Å². The summed E-state index contributed by atoms with van der Waals surface area (Å²) >= 11 is 0. The fourth-order valence-corrected chi connectivity index (χ4v) is 3.84. The van der Waals surface area contributed by atoms with Gasteiger partial charge in [-0.1, -0.05) is 26.0 Å². The van der Waals surface area contributed by atoms with Crippen LogP contribution in [0.1, 0.15) is 49.5 Å².